The van der Waals surface area contributed by atoms with Crippen LogP contribution in [0.5, 0.6) is 0 Å². The van der Waals surface area contributed by atoms with Crippen molar-refractivity contribution < 1.29 is 27.5 Å². The average Bonchev–Trinajstić information content (AvgIpc) is 2.64. The highest BCUT2D eigenvalue weighted by Gasteiger charge is 2.48. The SMILES string of the molecule is NCCONC(=O)[C@@H]1CC[C@@H]2CN1C(=O)N2OS(=O)O. The summed E-state index contributed by atoms with van der Waals surface area (Å²) in [5.41, 5.74) is 7.45. The van der Waals surface area contributed by atoms with Crippen LogP contribution in [0, 0.1) is 0 Å². The molecule has 0 aromatic rings. The van der Waals surface area contributed by atoms with Gasteiger partial charge in [-0.2, -0.15) is 9.27 Å². The molecular weight excluding hydrogens is 292 g/mol. The van der Waals surface area contributed by atoms with Gasteiger partial charge in [0.2, 0.25) is 0 Å². The molecule has 4 N–H and O–H groups in total. The minimum Gasteiger partial charge on any atom is -0.328 e. The van der Waals surface area contributed by atoms with E-state index in [0.29, 0.717) is 12.8 Å². The van der Waals surface area contributed by atoms with Crippen LogP contribution in [-0.4, -0.2) is 62.4 Å². The van der Waals surface area contributed by atoms with Crippen LogP contribution in [0.2, 0.25) is 0 Å². The van der Waals surface area contributed by atoms with E-state index in [1.165, 1.54) is 4.90 Å². The Labute approximate surface area is 117 Å². The number of rotatable bonds is 6. The molecule has 2 saturated heterocycles. The third-order valence-corrected chi connectivity index (χ3v) is 3.45. The van der Waals surface area contributed by atoms with Crippen LogP contribution in [0.1, 0.15) is 12.8 Å². The molecule has 0 aromatic carbocycles. The van der Waals surface area contributed by atoms with E-state index in [-0.39, 0.29) is 25.7 Å². The van der Waals surface area contributed by atoms with Gasteiger partial charge in [0.05, 0.1) is 12.6 Å². The Morgan fingerprint density at radius 2 is 2.30 bits per heavy atom. The van der Waals surface area contributed by atoms with Gasteiger partial charge in [0.1, 0.15) is 6.04 Å². The molecule has 3 amide bonds. The number of urea groups is 1. The first-order valence-electron chi connectivity index (χ1n) is 6.05. The summed E-state index contributed by atoms with van der Waals surface area (Å²) in [6, 6.07) is -1.61. The molecule has 3 atom stereocenters. The van der Waals surface area contributed by atoms with Crippen LogP contribution in [0.25, 0.3) is 0 Å². The second kappa shape index (κ2) is 6.45. The third kappa shape index (κ3) is 3.07. The van der Waals surface area contributed by atoms with E-state index in [1.54, 1.807) is 0 Å². The normalized spacial score (nSPS) is 26.8. The lowest BCUT2D eigenvalue weighted by atomic mass is 10.0. The summed E-state index contributed by atoms with van der Waals surface area (Å²) >= 11 is -2.57. The van der Waals surface area contributed by atoms with Gasteiger partial charge < -0.3 is 10.6 Å². The van der Waals surface area contributed by atoms with Gasteiger partial charge >= 0.3 is 17.4 Å². The Balaban J connectivity index is 1.97. The molecule has 2 fully saturated rings. The second-order valence-corrected chi connectivity index (χ2v) is 4.99. The minimum atomic E-state index is -2.57. The van der Waals surface area contributed by atoms with Crippen molar-refractivity contribution in [3.8, 4) is 0 Å². The first-order valence-corrected chi connectivity index (χ1v) is 7.08. The number of nitrogens with two attached hydrogens (primary N) is 1. The van der Waals surface area contributed by atoms with Gasteiger partial charge in [0.15, 0.2) is 0 Å². The van der Waals surface area contributed by atoms with E-state index in [2.05, 4.69) is 9.76 Å². The lowest BCUT2D eigenvalue weighted by Crippen LogP contribution is -2.49. The molecule has 114 valence electrons. The van der Waals surface area contributed by atoms with Crippen LogP contribution in [0.15, 0.2) is 0 Å². The van der Waals surface area contributed by atoms with E-state index in [9.17, 15) is 13.8 Å². The number of nitrogens with one attached hydrogen (secondary N) is 1. The summed E-state index contributed by atoms with van der Waals surface area (Å²) in [6.45, 7) is 0.707. The summed E-state index contributed by atoms with van der Waals surface area (Å²) in [6.07, 6.45) is 0.917. The zero-order valence-electron chi connectivity index (χ0n) is 10.6. The Hall–Kier alpha value is -1.27. The smallest absolute Gasteiger partial charge is 0.328 e. The van der Waals surface area contributed by atoms with Crippen molar-refractivity contribution in [1.29, 1.82) is 0 Å². The predicted molar refractivity (Wildman–Crippen MR) is 65.8 cm³/mol. The number of hydroxylamine groups is 3. The van der Waals surface area contributed by atoms with Crippen molar-refractivity contribution in [2.45, 2.75) is 24.9 Å². The van der Waals surface area contributed by atoms with Gasteiger partial charge in [-0.05, 0) is 12.8 Å². The highest BCUT2D eigenvalue weighted by molar-refractivity contribution is 7.74. The van der Waals surface area contributed by atoms with Crippen LogP contribution in [0.3, 0.4) is 0 Å². The maximum atomic E-state index is 12.0. The Morgan fingerprint density at radius 1 is 1.55 bits per heavy atom. The molecule has 0 aromatic heterocycles. The monoisotopic (exact) mass is 308 g/mol. The topological polar surface area (TPSA) is 134 Å². The molecular formula is C9H16N4O6S. The molecule has 2 aliphatic heterocycles. The first-order chi connectivity index (χ1) is 9.54. The lowest BCUT2D eigenvalue weighted by Gasteiger charge is -2.28. The van der Waals surface area contributed by atoms with Gasteiger partial charge in [0, 0.05) is 13.1 Å². The van der Waals surface area contributed by atoms with Crippen molar-refractivity contribution in [3.63, 3.8) is 0 Å². The highest BCUT2D eigenvalue weighted by atomic mass is 32.2. The lowest BCUT2D eigenvalue weighted by molar-refractivity contribution is -0.138. The largest absolute Gasteiger partial charge is 0.346 e. The number of hydrogen-bond donors (Lipinski definition) is 3. The van der Waals surface area contributed by atoms with Crippen molar-refractivity contribution in [3.05, 3.63) is 0 Å². The first kappa shape index (κ1) is 15.1. The van der Waals surface area contributed by atoms with E-state index in [0.717, 1.165) is 5.06 Å². The number of piperidine rings is 1. The zero-order chi connectivity index (χ0) is 14.7. The van der Waals surface area contributed by atoms with Crippen molar-refractivity contribution in [1.82, 2.24) is 15.4 Å². The fourth-order valence-corrected chi connectivity index (χ4v) is 2.64. The fraction of sp³-hybridized carbons (Fsp3) is 0.778. The maximum Gasteiger partial charge on any atom is 0.346 e. The van der Waals surface area contributed by atoms with Crippen molar-refractivity contribution in [2.24, 2.45) is 5.73 Å². The zero-order valence-corrected chi connectivity index (χ0v) is 11.4. The molecule has 0 aliphatic carbocycles. The van der Waals surface area contributed by atoms with E-state index < -0.39 is 29.3 Å². The van der Waals surface area contributed by atoms with Crippen LogP contribution in [0.4, 0.5) is 4.79 Å². The third-order valence-electron chi connectivity index (χ3n) is 3.16. The van der Waals surface area contributed by atoms with Gasteiger partial charge in [0.25, 0.3) is 5.91 Å². The summed E-state index contributed by atoms with van der Waals surface area (Å²) in [7, 11) is 0. The molecule has 10 nitrogen and oxygen atoms in total. The van der Waals surface area contributed by atoms with Crippen LogP contribution in [-0.2, 0) is 25.3 Å². The summed E-state index contributed by atoms with van der Waals surface area (Å²) in [5, 5.41) is 0.851. The molecule has 20 heavy (non-hydrogen) atoms. The van der Waals surface area contributed by atoms with E-state index in [4.69, 9.17) is 15.1 Å². The Bertz CT molecular complexity index is 421. The summed E-state index contributed by atoms with van der Waals surface area (Å²) in [5.74, 6) is -0.447. The summed E-state index contributed by atoms with van der Waals surface area (Å²) < 4.78 is 23.9. The number of fused-ring (bicyclic) bond motifs is 2. The van der Waals surface area contributed by atoms with E-state index in [1.807, 2.05) is 0 Å². The molecule has 2 rings (SSSR count). The van der Waals surface area contributed by atoms with Crippen LogP contribution < -0.4 is 11.2 Å². The van der Waals surface area contributed by atoms with Gasteiger partial charge in [-0.3, -0.25) is 14.2 Å². The van der Waals surface area contributed by atoms with Gasteiger partial charge in [-0.15, -0.1) is 4.28 Å². The fourth-order valence-electron chi connectivity index (χ4n) is 2.32. The standard InChI is InChI=1S/C9H16N4O6S/c10-3-4-18-11-8(14)7-2-1-6-5-12(7)9(15)13(6)19-20(16)17/h6-7H,1-5,10H2,(H,11,14)(H,16,17)/t6-,7+/m1/s1. The molecule has 1 unspecified atom stereocenters. The molecule has 0 saturated carbocycles. The van der Waals surface area contributed by atoms with E-state index >= 15 is 0 Å². The molecule has 2 bridgehead atoms. The molecule has 11 heteroatoms. The molecule has 0 spiro atoms. The molecule has 2 aliphatic rings. The van der Waals surface area contributed by atoms with Crippen molar-refractivity contribution >= 4 is 23.3 Å². The highest BCUT2D eigenvalue weighted by Crippen LogP contribution is 2.30. The number of nitrogens with zero attached hydrogens (tertiary/aromatic N) is 2. The van der Waals surface area contributed by atoms with Gasteiger partial charge in [-0.25, -0.2) is 10.3 Å². The quantitative estimate of drug-likeness (QED) is 0.303. The average molecular weight is 308 g/mol. The van der Waals surface area contributed by atoms with Crippen molar-refractivity contribution in [2.75, 3.05) is 19.7 Å². The van der Waals surface area contributed by atoms with Crippen LogP contribution >= 0.6 is 0 Å². The number of carbonyl (C=O) groups is 2. The Kier molecular flexibility index (Phi) is 4.88. The summed E-state index contributed by atoms with van der Waals surface area (Å²) in [4.78, 5) is 30.0. The predicted octanol–water partition coefficient (Wildman–Crippen LogP) is -1.67. The number of hydrogen-bond acceptors (Lipinski definition) is 6. The second-order valence-electron chi connectivity index (χ2n) is 4.40. The Morgan fingerprint density at radius 3 is 2.95 bits per heavy atom. The number of carbonyl (C=O) groups excluding carboxylic acids is 2. The van der Waals surface area contributed by atoms with Gasteiger partial charge in [-0.1, -0.05) is 0 Å². The number of amides is 3. The molecule has 2 heterocycles. The molecule has 0 radical (unpaired) electrons. The minimum absolute atomic E-state index is 0.174. The maximum absolute atomic E-state index is 12.0.